The molecule has 3 unspecified atom stereocenters. The van der Waals surface area contributed by atoms with E-state index in [-0.39, 0.29) is 0 Å². The molecule has 0 aromatic rings. The molecule has 0 amide bonds. The third-order valence-corrected chi connectivity index (χ3v) is 5.99. The summed E-state index contributed by atoms with van der Waals surface area (Å²) in [6, 6.07) is 0. The van der Waals surface area contributed by atoms with Gasteiger partial charge in [0.05, 0.1) is 0 Å². The Morgan fingerprint density at radius 2 is 1.93 bits per heavy atom. The van der Waals surface area contributed by atoms with Crippen LogP contribution in [0.15, 0.2) is 0 Å². The predicted molar refractivity (Wildman–Crippen MR) is 70.4 cm³/mol. The number of hydrogen-bond acceptors (Lipinski definition) is 1. The lowest BCUT2D eigenvalue weighted by Crippen LogP contribution is -2.18. The van der Waals surface area contributed by atoms with Crippen LogP contribution in [0, 0.1) is 17.8 Å². The lowest BCUT2D eigenvalue weighted by molar-refractivity contribution is 0.249. The molecule has 2 rings (SSSR count). The predicted octanol–water partition coefficient (Wildman–Crippen LogP) is 4.73. The summed E-state index contributed by atoms with van der Waals surface area (Å²) in [7, 11) is 0. The zero-order valence-corrected chi connectivity index (χ0v) is 11.2. The van der Waals surface area contributed by atoms with E-state index in [9.17, 15) is 0 Å². The molecule has 1 aliphatic heterocycles. The van der Waals surface area contributed by atoms with Gasteiger partial charge in [-0.25, -0.2) is 0 Å². The molecule has 1 heterocycles. The molecule has 1 saturated heterocycles. The average Bonchev–Trinajstić information content (AvgIpc) is 2.65. The smallest absolute Gasteiger partial charge is 0.00526 e. The largest absolute Gasteiger partial charge is 0.158 e. The van der Waals surface area contributed by atoms with E-state index >= 15 is 0 Å². The minimum Gasteiger partial charge on any atom is -0.158 e. The number of hydrogen-bond donors (Lipinski definition) is 0. The summed E-state index contributed by atoms with van der Waals surface area (Å²) in [4.78, 5) is 0. The molecule has 0 N–H and O–H groups in total. The van der Waals surface area contributed by atoms with Gasteiger partial charge in [0, 0.05) is 5.25 Å². The van der Waals surface area contributed by atoms with Crippen molar-refractivity contribution >= 4 is 11.8 Å². The van der Waals surface area contributed by atoms with Crippen molar-refractivity contribution in [2.75, 3.05) is 5.75 Å². The van der Waals surface area contributed by atoms with Crippen LogP contribution < -0.4 is 0 Å². The van der Waals surface area contributed by atoms with Crippen molar-refractivity contribution in [3.63, 3.8) is 0 Å². The Morgan fingerprint density at radius 1 is 1.20 bits per heavy atom. The van der Waals surface area contributed by atoms with Crippen molar-refractivity contribution < 1.29 is 0 Å². The van der Waals surface area contributed by atoms with E-state index in [1.807, 2.05) is 0 Å². The maximum Gasteiger partial charge on any atom is 0.00526 e. The Morgan fingerprint density at radius 3 is 2.53 bits per heavy atom. The van der Waals surface area contributed by atoms with Crippen molar-refractivity contribution in [3.05, 3.63) is 0 Å². The van der Waals surface area contributed by atoms with Crippen molar-refractivity contribution in [2.24, 2.45) is 17.8 Å². The van der Waals surface area contributed by atoms with Crippen molar-refractivity contribution in [1.29, 1.82) is 0 Å². The number of thioether (sulfide) groups is 1. The summed E-state index contributed by atoms with van der Waals surface area (Å²) in [5.41, 5.74) is 0. The van der Waals surface area contributed by atoms with Crippen LogP contribution in [0.2, 0.25) is 0 Å². The molecule has 0 bridgehead atoms. The third kappa shape index (κ3) is 3.41. The van der Waals surface area contributed by atoms with Crippen molar-refractivity contribution in [2.45, 2.75) is 64.0 Å². The van der Waals surface area contributed by atoms with Crippen LogP contribution in [0.3, 0.4) is 0 Å². The minimum absolute atomic E-state index is 0.985. The van der Waals surface area contributed by atoms with E-state index in [0.717, 1.165) is 23.0 Å². The van der Waals surface area contributed by atoms with Gasteiger partial charge in [-0.05, 0) is 36.3 Å². The van der Waals surface area contributed by atoms with Crippen LogP contribution in [0.5, 0.6) is 0 Å². The van der Waals surface area contributed by atoms with E-state index in [0.29, 0.717) is 0 Å². The fourth-order valence-corrected chi connectivity index (χ4v) is 5.00. The molecule has 1 saturated carbocycles. The highest BCUT2D eigenvalue weighted by Gasteiger charge is 2.27. The van der Waals surface area contributed by atoms with Crippen LogP contribution in [0.25, 0.3) is 0 Å². The second-order valence-corrected chi connectivity index (χ2v) is 7.24. The van der Waals surface area contributed by atoms with Gasteiger partial charge in [-0.1, -0.05) is 46.0 Å². The van der Waals surface area contributed by atoms with Gasteiger partial charge in [0.2, 0.25) is 0 Å². The molecule has 2 fully saturated rings. The minimum atomic E-state index is 0.985. The molecule has 2 aliphatic rings. The standard InChI is InChI=1S/C14H26S/c1-11-8-14(15-10-11)9-12(2)13-6-4-3-5-7-13/h11-14H,3-10H2,1-2H3. The van der Waals surface area contributed by atoms with Gasteiger partial charge in [-0.2, -0.15) is 11.8 Å². The van der Waals surface area contributed by atoms with E-state index in [4.69, 9.17) is 0 Å². The second kappa shape index (κ2) is 5.61. The quantitative estimate of drug-likeness (QED) is 0.670. The maximum absolute atomic E-state index is 2.51. The molecule has 1 heteroatoms. The van der Waals surface area contributed by atoms with Gasteiger partial charge in [-0.3, -0.25) is 0 Å². The molecule has 3 atom stereocenters. The Hall–Kier alpha value is 0.350. The van der Waals surface area contributed by atoms with Crippen molar-refractivity contribution in [3.8, 4) is 0 Å². The van der Waals surface area contributed by atoms with Gasteiger partial charge in [0.1, 0.15) is 0 Å². The molecule has 88 valence electrons. The third-order valence-electron chi connectivity index (χ3n) is 4.37. The summed E-state index contributed by atoms with van der Waals surface area (Å²) in [5.74, 6) is 4.46. The Bertz CT molecular complexity index is 184. The number of rotatable bonds is 3. The second-order valence-electron chi connectivity index (χ2n) is 5.91. The summed E-state index contributed by atoms with van der Waals surface area (Å²) in [6.45, 7) is 4.93. The SMILES string of the molecule is CC1CSC(CC(C)C2CCCCC2)C1. The highest BCUT2D eigenvalue weighted by Crippen LogP contribution is 2.39. The summed E-state index contributed by atoms with van der Waals surface area (Å²) < 4.78 is 0. The lowest BCUT2D eigenvalue weighted by atomic mass is 9.78. The molecule has 15 heavy (non-hydrogen) atoms. The van der Waals surface area contributed by atoms with Gasteiger partial charge < -0.3 is 0 Å². The van der Waals surface area contributed by atoms with Gasteiger partial charge >= 0.3 is 0 Å². The van der Waals surface area contributed by atoms with E-state index in [2.05, 4.69) is 25.6 Å². The Labute approximate surface area is 99.6 Å². The zero-order valence-electron chi connectivity index (χ0n) is 10.4. The van der Waals surface area contributed by atoms with Crippen LogP contribution in [-0.2, 0) is 0 Å². The average molecular weight is 226 g/mol. The topological polar surface area (TPSA) is 0 Å². The van der Waals surface area contributed by atoms with E-state index < -0.39 is 0 Å². The van der Waals surface area contributed by atoms with Crippen LogP contribution in [-0.4, -0.2) is 11.0 Å². The molecule has 1 aliphatic carbocycles. The molecule has 0 aromatic heterocycles. The molecule has 0 spiro atoms. The van der Waals surface area contributed by atoms with Crippen molar-refractivity contribution in [1.82, 2.24) is 0 Å². The van der Waals surface area contributed by atoms with Crippen LogP contribution in [0.4, 0.5) is 0 Å². The van der Waals surface area contributed by atoms with E-state index in [1.54, 1.807) is 0 Å². The fourth-order valence-electron chi connectivity index (χ4n) is 3.36. The molecule has 0 nitrogen and oxygen atoms in total. The van der Waals surface area contributed by atoms with Gasteiger partial charge in [-0.15, -0.1) is 0 Å². The highest BCUT2D eigenvalue weighted by atomic mass is 32.2. The van der Waals surface area contributed by atoms with Crippen LogP contribution in [0.1, 0.15) is 58.8 Å². The monoisotopic (exact) mass is 226 g/mol. The van der Waals surface area contributed by atoms with Gasteiger partial charge in [0.15, 0.2) is 0 Å². The molecular weight excluding hydrogens is 200 g/mol. The normalized spacial score (nSPS) is 35.6. The zero-order chi connectivity index (χ0) is 10.7. The molecular formula is C14H26S. The van der Waals surface area contributed by atoms with Gasteiger partial charge in [0.25, 0.3) is 0 Å². The summed E-state index contributed by atoms with van der Waals surface area (Å²) >= 11 is 2.24. The first kappa shape index (κ1) is 11.8. The first-order valence-corrected chi connectivity index (χ1v) is 7.92. The maximum atomic E-state index is 2.51. The first-order chi connectivity index (χ1) is 7.25. The van der Waals surface area contributed by atoms with Crippen LogP contribution >= 0.6 is 11.8 Å². The lowest BCUT2D eigenvalue weighted by Gasteiger charge is -2.29. The Balaban J connectivity index is 1.73. The summed E-state index contributed by atoms with van der Waals surface area (Å²) in [6.07, 6.45) is 10.5. The Kier molecular flexibility index (Phi) is 4.42. The molecule has 0 aromatic carbocycles. The first-order valence-electron chi connectivity index (χ1n) is 6.87. The van der Waals surface area contributed by atoms with E-state index in [1.165, 1.54) is 50.7 Å². The summed E-state index contributed by atoms with van der Waals surface area (Å²) in [5, 5.41) is 0.997. The highest BCUT2D eigenvalue weighted by molar-refractivity contribution is 8.00. The fraction of sp³-hybridized carbons (Fsp3) is 1.00. The molecule has 0 radical (unpaired) electrons.